The van der Waals surface area contributed by atoms with Crippen molar-refractivity contribution in [3.05, 3.63) is 89.5 Å². The van der Waals surface area contributed by atoms with E-state index < -0.39 is 35.6 Å². The molecule has 1 unspecified atom stereocenters. The van der Waals surface area contributed by atoms with Crippen molar-refractivity contribution in [3.63, 3.8) is 0 Å². The maximum Gasteiger partial charge on any atom is 0.338 e. The zero-order valence-corrected chi connectivity index (χ0v) is 25.3. The summed E-state index contributed by atoms with van der Waals surface area (Å²) in [4.78, 5) is 54.9. The SMILES string of the molecule is CCOC(=O)c1ccc(NC(=O)NC2(CC(=O)Nc3ccc(C)cc3)C(=O)N(CC(OCC)OCC)c3ccccc32)cc1. The molecule has 4 amide bonds. The normalized spacial score (nSPS) is 15.6. The number of anilines is 3. The van der Waals surface area contributed by atoms with Crippen molar-refractivity contribution >= 4 is 40.9 Å². The van der Waals surface area contributed by atoms with Gasteiger partial charge in [0, 0.05) is 30.2 Å². The fourth-order valence-electron chi connectivity index (χ4n) is 5.06. The van der Waals surface area contributed by atoms with Gasteiger partial charge in [-0.15, -0.1) is 0 Å². The van der Waals surface area contributed by atoms with Crippen LogP contribution in [0, 0.1) is 6.92 Å². The molecule has 0 bridgehead atoms. The van der Waals surface area contributed by atoms with Crippen LogP contribution >= 0.6 is 0 Å². The number of amides is 4. The molecule has 1 aliphatic heterocycles. The molecule has 3 aromatic carbocycles. The van der Waals surface area contributed by atoms with Gasteiger partial charge in [-0.25, -0.2) is 9.59 Å². The molecule has 44 heavy (non-hydrogen) atoms. The predicted octanol–water partition coefficient (Wildman–Crippen LogP) is 4.96. The topological polar surface area (TPSA) is 135 Å². The van der Waals surface area contributed by atoms with Crippen molar-refractivity contribution in [2.24, 2.45) is 0 Å². The molecule has 0 spiro atoms. The molecule has 3 N–H and O–H groups in total. The summed E-state index contributed by atoms with van der Waals surface area (Å²) < 4.78 is 16.5. The summed E-state index contributed by atoms with van der Waals surface area (Å²) in [6.07, 6.45) is -1.10. The third-order valence-electron chi connectivity index (χ3n) is 7.04. The first-order valence-corrected chi connectivity index (χ1v) is 14.6. The van der Waals surface area contributed by atoms with Gasteiger partial charge in [0.2, 0.25) is 5.91 Å². The van der Waals surface area contributed by atoms with E-state index in [4.69, 9.17) is 14.2 Å². The van der Waals surface area contributed by atoms with Crippen molar-refractivity contribution in [2.45, 2.75) is 45.9 Å². The molecule has 0 saturated carbocycles. The largest absolute Gasteiger partial charge is 0.462 e. The predicted molar refractivity (Wildman–Crippen MR) is 166 cm³/mol. The van der Waals surface area contributed by atoms with E-state index in [-0.39, 0.29) is 19.6 Å². The minimum Gasteiger partial charge on any atom is -0.462 e. The average Bonchev–Trinajstić information content (AvgIpc) is 3.21. The van der Waals surface area contributed by atoms with Crippen LogP contribution in [0.15, 0.2) is 72.8 Å². The Labute approximate surface area is 256 Å². The Balaban J connectivity index is 1.65. The van der Waals surface area contributed by atoms with Crippen molar-refractivity contribution in [2.75, 3.05) is 41.9 Å². The minimum atomic E-state index is -1.75. The van der Waals surface area contributed by atoms with E-state index in [0.717, 1.165) is 5.56 Å². The van der Waals surface area contributed by atoms with Crippen molar-refractivity contribution in [3.8, 4) is 0 Å². The van der Waals surface area contributed by atoms with Crippen molar-refractivity contribution in [1.29, 1.82) is 0 Å². The number of carbonyl (C=O) groups excluding carboxylic acids is 4. The Bertz CT molecular complexity index is 1470. The number of para-hydroxylation sites is 1. The third-order valence-corrected chi connectivity index (χ3v) is 7.04. The van der Waals surface area contributed by atoms with E-state index in [0.29, 0.717) is 41.4 Å². The van der Waals surface area contributed by atoms with E-state index in [2.05, 4.69) is 16.0 Å². The highest BCUT2D eigenvalue weighted by Crippen LogP contribution is 2.43. The Morgan fingerprint density at radius 1 is 0.818 bits per heavy atom. The van der Waals surface area contributed by atoms with Crippen LogP contribution in [0.5, 0.6) is 0 Å². The number of hydrogen-bond acceptors (Lipinski definition) is 7. The molecule has 11 heteroatoms. The quantitative estimate of drug-likeness (QED) is 0.186. The summed E-state index contributed by atoms with van der Waals surface area (Å²) in [7, 11) is 0. The summed E-state index contributed by atoms with van der Waals surface area (Å²) in [5, 5.41) is 8.38. The van der Waals surface area contributed by atoms with Crippen LogP contribution in [0.2, 0.25) is 0 Å². The molecular formula is C33H38N4O7. The van der Waals surface area contributed by atoms with Crippen LogP contribution in [0.1, 0.15) is 48.7 Å². The number of aryl methyl sites for hydroxylation is 1. The van der Waals surface area contributed by atoms with Crippen molar-refractivity contribution < 1.29 is 33.4 Å². The van der Waals surface area contributed by atoms with Gasteiger partial charge in [-0.2, -0.15) is 0 Å². The van der Waals surface area contributed by atoms with Crippen LogP contribution in [0.4, 0.5) is 21.9 Å². The van der Waals surface area contributed by atoms with Gasteiger partial charge in [-0.05, 0) is 70.2 Å². The second-order valence-electron chi connectivity index (χ2n) is 10.1. The van der Waals surface area contributed by atoms with Gasteiger partial charge in [0.05, 0.1) is 30.8 Å². The summed E-state index contributed by atoms with van der Waals surface area (Å²) in [5.41, 5.74) is 1.54. The van der Waals surface area contributed by atoms with Crippen LogP contribution in [0.3, 0.4) is 0 Å². The molecule has 11 nitrogen and oxygen atoms in total. The van der Waals surface area contributed by atoms with E-state index >= 15 is 0 Å². The first kappa shape index (κ1) is 32.2. The number of carbonyl (C=O) groups is 4. The molecule has 0 radical (unpaired) electrons. The number of rotatable bonds is 13. The van der Waals surface area contributed by atoms with Crippen molar-refractivity contribution in [1.82, 2.24) is 5.32 Å². The molecule has 1 heterocycles. The molecule has 0 saturated heterocycles. The zero-order chi connectivity index (χ0) is 31.7. The highest BCUT2D eigenvalue weighted by atomic mass is 16.7. The summed E-state index contributed by atoms with van der Waals surface area (Å²) in [6.45, 7) is 8.34. The van der Waals surface area contributed by atoms with Gasteiger partial charge in [-0.3, -0.25) is 9.59 Å². The van der Waals surface area contributed by atoms with Crippen LogP contribution in [-0.4, -0.2) is 56.5 Å². The number of hydrogen-bond donors (Lipinski definition) is 3. The highest BCUT2D eigenvalue weighted by Gasteiger charge is 2.53. The van der Waals surface area contributed by atoms with Gasteiger partial charge in [0.1, 0.15) is 0 Å². The van der Waals surface area contributed by atoms with Crippen LogP contribution in [-0.2, 0) is 29.3 Å². The highest BCUT2D eigenvalue weighted by molar-refractivity contribution is 6.13. The van der Waals surface area contributed by atoms with Crippen LogP contribution in [0.25, 0.3) is 0 Å². The smallest absolute Gasteiger partial charge is 0.338 e. The van der Waals surface area contributed by atoms with E-state index in [1.54, 1.807) is 55.5 Å². The molecule has 0 aromatic heterocycles. The fourth-order valence-corrected chi connectivity index (χ4v) is 5.06. The monoisotopic (exact) mass is 602 g/mol. The first-order valence-electron chi connectivity index (χ1n) is 14.6. The number of fused-ring (bicyclic) bond motifs is 1. The molecule has 0 aliphatic carbocycles. The maximum atomic E-state index is 14.4. The minimum absolute atomic E-state index is 0.0531. The molecule has 0 fully saturated rings. The fraction of sp³-hybridized carbons (Fsp3) is 0.333. The lowest BCUT2D eigenvalue weighted by Crippen LogP contribution is -2.56. The molecule has 3 aromatic rings. The Kier molecular flexibility index (Phi) is 10.7. The van der Waals surface area contributed by atoms with Gasteiger partial charge in [-0.1, -0.05) is 35.9 Å². The molecule has 4 rings (SSSR count). The summed E-state index contributed by atoms with van der Waals surface area (Å²) >= 11 is 0. The molecular weight excluding hydrogens is 564 g/mol. The Morgan fingerprint density at radius 3 is 2.07 bits per heavy atom. The van der Waals surface area contributed by atoms with E-state index in [1.807, 2.05) is 32.9 Å². The maximum absolute atomic E-state index is 14.4. The van der Waals surface area contributed by atoms with Gasteiger partial charge in [0.15, 0.2) is 11.8 Å². The van der Waals surface area contributed by atoms with Crippen LogP contribution < -0.4 is 20.9 Å². The van der Waals surface area contributed by atoms with Gasteiger partial charge >= 0.3 is 12.0 Å². The average molecular weight is 603 g/mol. The Morgan fingerprint density at radius 2 is 1.43 bits per heavy atom. The van der Waals surface area contributed by atoms with E-state index in [9.17, 15) is 19.2 Å². The number of ether oxygens (including phenoxy) is 3. The standard InChI is InChI=1S/C33H38N4O7/c1-5-42-29(43-6-2)21-37-27-11-9-8-10-26(27)33(31(37)40,20-28(38)34-24-16-12-22(4)13-17-24)36-32(41)35-25-18-14-23(15-19-25)30(39)44-7-3/h8-19,29H,5-7,20-21H2,1-4H3,(H,34,38)(H2,35,36,41). The lowest BCUT2D eigenvalue weighted by Gasteiger charge is -2.30. The number of benzene rings is 3. The first-order chi connectivity index (χ1) is 21.2. The lowest BCUT2D eigenvalue weighted by atomic mass is 9.87. The molecule has 1 aliphatic rings. The lowest BCUT2D eigenvalue weighted by molar-refractivity contribution is -0.138. The Hall–Kier alpha value is -4.74. The molecule has 232 valence electrons. The van der Waals surface area contributed by atoms with Gasteiger partial charge in [0.25, 0.3) is 5.91 Å². The molecule has 1 atom stereocenters. The second-order valence-corrected chi connectivity index (χ2v) is 10.1. The second kappa shape index (κ2) is 14.6. The number of nitrogens with zero attached hydrogens (tertiary/aromatic N) is 1. The number of nitrogens with one attached hydrogen (secondary N) is 3. The third kappa shape index (κ3) is 7.42. The number of esters is 1. The van der Waals surface area contributed by atoms with E-state index in [1.165, 1.54) is 17.0 Å². The summed E-state index contributed by atoms with van der Waals surface area (Å²) in [6, 6.07) is 19.7. The number of urea groups is 1. The zero-order valence-electron chi connectivity index (χ0n) is 25.3. The summed E-state index contributed by atoms with van der Waals surface area (Å²) in [5.74, 6) is -1.45. The van der Waals surface area contributed by atoms with Gasteiger partial charge < -0.3 is 35.1 Å².